The standard InChI is InChI=1S/C24H28N4O/c1-18(29)26-21-11-13-24-19(16-21)8-9-22(27-24)17-28-15-5-3-7-23(28)12-10-20-6-2-4-14-25-20/h2,4,6,8-9,11,13-14,16,23H,3,5,7,10,12,15,17H2,1H3,(H,26,29). The van der Waals surface area contributed by atoms with E-state index in [-0.39, 0.29) is 5.91 Å². The lowest BCUT2D eigenvalue weighted by Crippen LogP contribution is -2.39. The van der Waals surface area contributed by atoms with Gasteiger partial charge in [-0.3, -0.25) is 19.7 Å². The molecular formula is C24H28N4O. The average Bonchev–Trinajstić information content (AvgIpc) is 2.73. The van der Waals surface area contributed by atoms with Gasteiger partial charge in [0, 0.05) is 42.5 Å². The maximum absolute atomic E-state index is 11.3. The zero-order valence-electron chi connectivity index (χ0n) is 17.0. The number of pyridine rings is 2. The van der Waals surface area contributed by atoms with Crippen LogP contribution >= 0.6 is 0 Å². The minimum Gasteiger partial charge on any atom is -0.326 e. The van der Waals surface area contributed by atoms with Gasteiger partial charge in [0.05, 0.1) is 11.2 Å². The molecule has 0 bridgehead atoms. The van der Waals surface area contributed by atoms with Crippen molar-refractivity contribution >= 4 is 22.5 Å². The Labute approximate surface area is 172 Å². The van der Waals surface area contributed by atoms with Gasteiger partial charge < -0.3 is 5.32 Å². The summed E-state index contributed by atoms with van der Waals surface area (Å²) in [5, 5.41) is 3.88. The van der Waals surface area contributed by atoms with E-state index in [0.29, 0.717) is 6.04 Å². The molecule has 1 atom stereocenters. The minimum atomic E-state index is -0.0595. The third kappa shape index (κ3) is 5.18. The molecule has 2 aromatic heterocycles. The topological polar surface area (TPSA) is 58.1 Å². The van der Waals surface area contributed by atoms with Gasteiger partial charge in [0.25, 0.3) is 0 Å². The number of piperidine rings is 1. The summed E-state index contributed by atoms with van der Waals surface area (Å²) in [7, 11) is 0. The molecule has 3 aromatic rings. The molecule has 150 valence electrons. The second-order valence-corrected chi connectivity index (χ2v) is 7.87. The van der Waals surface area contributed by atoms with E-state index in [4.69, 9.17) is 4.98 Å². The van der Waals surface area contributed by atoms with Crippen LogP contribution in [0.15, 0.2) is 54.7 Å². The highest BCUT2D eigenvalue weighted by atomic mass is 16.1. The lowest BCUT2D eigenvalue weighted by Gasteiger charge is -2.35. The first kappa shape index (κ1) is 19.5. The van der Waals surface area contributed by atoms with E-state index in [0.717, 1.165) is 48.2 Å². The molecule has 1 saturated heterocycles. The summed E-state index contributed by atoms with van der Waals surface area (Å²) in [5.74, 6) is -0.0595. The van der Waals surface area contributed by atoms with Gasteiger partial charge in [0.1, 0.15) is 0 Å². The van der Waals surface area contributed by atoms with Gasteiger partial charge in [0.15, 0.2) is 0 Å². The molecule has 0 saturated carbocycles. The molecular weight excluding hydrogens is 360 g/mol. The predicted octanol–water partition coefficient (Wildman–Crippen LogP) is 4.58. The minimum absolute atomic E-state index is 0.0595. The Hall–Kier alpha value is -2.79. The van der Waals surface area contributed by atoms with Crippen LogP contribution in [0, 0.1) is 0 Å². The second-order valence-electron chi connectivity index (χ2n) is 7.87. The summed E-state index contributed by atoms with van der Waals surface area (Å²) in [5.41, 5.74) is 4.06. The van der Waals surface area contributed by atoms with Crippen molar-refractivity contribution in [3.8, 4) is 0 Å². The number of nitrogens with zero attached hydrogens (tertiary/aromatic N) is 3. The first-order valence-corrected chi connectivity index (χ1v) is 10.5. The number of benzene rings is 1. The molecule has 1 fully saturated rings. The highest BCUT2D eigenvalue weighted by molar-refractivity contribution is 5.92. The van der Waals surface area contributed by atoms with E-state index >= 15 is 0 Å². The lowest BCUT2D eigenvalue weighted by molar-refractivity contribution is -0.114. The monoisotopic (exact) mass is 388 g/mol. The number of rotatable bonds is 6. The summed E-state index contributed by atoms with van der Waals surface area (Å²) in [6, 6.07) is 16.8. The number of amides is 1. The van der Waals surface area contributed by atoms with E-state index in [2.05, 4.69) is 39.5 Å². The number of likely N-dealkylation sites (tertiary alicyclic amines) is 1. The summed E-state index contributed by atoms with van der Waals surface area (Å²) < 4.78 is 0. The SMILES string of the molecule is CC(=O)Nc1ccc2nc(CN3CCCCC3CCc3ccccn3)ccc2c1. The quantitative estimate of drug-likeness (QED) is 0.672. The Bertz CT molecular complexity index is 973. The zero-order valence-corrected chi connectivity index (χ0v) is 17.0. The van der Waals surface area contributed by atoms with E-state index in [1.807, 2.05) is 30.5 Å². The molecule has 1 N–H and O–H groups in total. The number of carbonyl (C=O) groups excluding carboxylic acids is 1. The van der Waals surface area contributed by atoms with Crippen LogP contribution < -0.4 is 5.32 Å². The Morgan fingerprint density at radius 3 is 2.90 bits per heavy atom. The van der Waals surface area contributed by atoms with Gasteiger partial charge in [-0.2, -0.15) is 0 Å². The van der Waals surface area contributed by atoms with Crippen LogP contribution in [0.1, 0.15) is 44.0 Å². The van der Waals surface area contributed by atoms with Gasteiger partial charge >= 0.3 is 0 Å². The van der Waals surface area contributed by atoms with Gasteiger partial charge in [-0.1, -0.05) is 18.6 Å². The van der Waals surface area contributed by atoms with Crippen molar-refractivity contribution in [3.05, 3.63) is 66.1 Å². The van der Waals surface area contributed by atoms with Crippen molar-refractivity contribution in [2.75, 3.05) is 11.9 Å². The van der Waals surface area contributed by atoms with E-state index in [9.17, 15) is 4.79 Å². The van der Waals surface area contributed by atoms with Gasteiger partial charge in [-0.05, 0) is 68.6 Å². The van der Waals surface area contributed by atoms with Crippen LogP contribution in [0.3, 0.4) is 0 Å². The Balaban J connectivity index is 1.44. The summed E-state index contributed by atoms with van der Waals surface area (Å²) in [6.45, 7) is 3.54. The van der Waals surface area contributed by atoms with Crippen molar-refractivity contribution in [1.82, 2.24) is 14.9 Å². The first-order valence-electron chi connectivity index (χ1n) is 10.5. The Morgan fingerprint density at radius 1 is 1.14 bits per heavy atom. The number of nitrogens with one attached hydrogen (secondary N) is 1. The number of fused-ring (bicyclic) bond motifs is 1. The van der Waals surface area contributed by atoms with E-state index < -0.39 is 0 Å². The van der Waals surface area contributed by atoms with Crippen LogP contribution in [-0.4, -0.2) is 33.4 Å². The van der Waals surface area contributed by atoms with Gasteiger partial charge in [-0.15, -0.1) is 0 Å². The van der Waals surface area contributed by atoms with Gasteiger partial charge in [0.2, 0.25) is 5.91 Å². The molecule has 1 aliphatic rings. The summed E-state index contributed by atoms with van der Waals surface area (Å²) in [6.07, 6.45) is 7.86. The number of aryl methyl sites for hydroxylation is 1. The maximum Gasteiger partial charge on any atom is 0.221 e. The molecule has 0 aliphatic carbocycles. The van der Waals surface area contributed by atoms with Crippen LogP contribution in [0.4, 0.5) is 5.69 Å². The van der Waals surface area contributed by atoms with Crippen molar-refractivity contribution < 1.29 is 4.79 Å². The Kier molecular flexibility index (Phi) is 6.15. The number of anilines is 1. The summed E-state index contributed by atoms with van der Waals surface area (Å²) >= 11 is 0. The molecule has 4 rings (SSSR count). The van der Waals surface area contributed by atoms with E-state index in [1.165, 1.54) is 31.9 Å². The summed E-state index contributed by atoms with van der Waals surface area (Å²) in [4.78, 5) is 23.2. The molecule has 1 unspecified atom stereocenters. The highest BCUT2D eigenvalue weighted by Gasteiger charge is 2.22. The first-order chi connectivity index (χ1) is 14.2. The number of hydrogen-bond donors (Lipinski definition) is 1. The molecule has 0 spiro atoms. The van der Waals surface area contributed by atoms with Crippen molar-refractivity contribution in [2.24, 2.45) is 0 Å². The second kappa shape index (κ2) is 9.14. The molecule has 1 amide bonds. The molecule has 5 heteroatoms. The van der Waals surface area contributed by atoms with Crippen LogP contribution in [0.2, 0.25) is 0 Å². The van der Waals surface area contributed by atoms with Crippen molar-refractivity contribution in [1.29, 1.82) is 0 Å². The normalized spacial score (nSPS) is 17.3. The smallest absolute Gasteiger partial charge is 0.221 e. The molecule has 0 radical (unpaired) electrons. The number of carbonyl (C=O) groups is 1. The molecule has 3 heterocycles. The fourth-order valence-corrected chi connectivity index (χ4v) is 4.20. The number of hydrogen-bond acceptors (Lipinski definition) is 4. The van der Waals surface area contributed by atoms with Crippen molar-refractivity contribution in [3.63, 3.8) is 0 Å². The molecule has 5 nitrogen and oxygen atoms in total. The van der Waals surface area contributed by atoms with E-state index in [1.54, 1.807) is 0 Å². The van der Waals surface area contributed by atoms with Crippen LogP contribution in [0.25, 0.3) is 10.9 Å². The third-order valence-corrected chi connectivity index (χ3v) is 5.64. The van der Waals surface area contributed by atoms with Crippen LogP contribution in [-0.2, 0) is 17.8 Å². The van der Waals surface area contributed by atoms with Gasteiger partial charge in [-0.25, -0.2) is 0 Å². The highest BCUT2D eigenvalue weighted by Crippen LogP contribution is 2.24. The predicted molar refractivity (Wildman–Crippen MR) is 117 cm³/mol. The van der Waals surface area contributed by atoms with Crippen LogP contribution in [0.5, 0.6) is 0 Å². The fraction of sp³-hybridized carbons (Fsp3) is 0.375. The largest absolute Gasteiger partial charge is 0.326 e. The zero-order chi connectivity index (χ0) is 20.1. The number of aromatic nitrogens is 2. The molecule has 1 aromatic carbocycles. The molecule has 29 heavy (non-hydrogen) atoms. The average molecular weight is 389 g/mol. The third-order valence-electron chi connectivity index (χ3n) is 5.64. The fourth-order valence-electron chi connectivity index (χ4n) is 4.20. The Morgan fingerprint density at radius 2 is 2.07 bits per heavy atom. The molecule has 1 aliphatic heterocycles. The maximum atomic E-state index is 11.3. The lowest BCUT2D eigenvalue weighted by atomic mass is 9.96. The van der Waals surface area contributed by atoms with Crippen molar-refractivity contribution in [2.45, 2.75) is 51.6 Å².